The molecule has 0 aliphatic heterocycles. The van der Waals surface area contributed by atoms with Gasteiger partial charge in [-0.1, -0.05) is 67.6 Å². The van der Waals surface area contributed by atoms with E-state index in [2.05, 4.69) is 60.8 Å². The molecule has 28 heavy (non-hydrogen) atoms. The highest BCUT2D eigenvalue weighted by atomic mass is 16.5. The molecule has 3 nitrogen and oxygen atoms in total. The van der Waals surface area contributed by atoms with Crippen LogP contribution in [0.15, 0.2) is 72.8 Å². The van der Waals surface area contributed by atoms with Crippen LogP contribution in [0.2, 0.25) is 0 Å². The topological polar surface area (TPSA) is 38.3 Å². The molecule has 3 aliphatic carbocycles. The van der Waals surface area contributed by atoms with Gasteiger partial charge < -0.3 is 10.1 Å². The van der Waals surface area contributed by atoms with Crippen molar-refractivity contribution in [3.05, 3.63) is 95.1 Å². The van der Waals surface area contributed by atoms with E-state index in [1.54, 1.807) is 7.11 Å². The molecule has 6 rings (SSSR count). The van der Waals surface area contributed by atoms with Crippen molar-refractivity contribution >= 4 is 11.6 Å². The van der Waals surface area contributed by atoms with Crippen molar-refractivity contribution in [2.75, 3.05) is 12.4 Å². The van der Waals surface area contributed by atoms with E-state index in [0.29, 0.717) is 5.75 Å². The molecule has 0 unspecified atom stereocenters. The Morgan fingerprint density at radius 3 is 1.86 bits per heavy atom. The van der Waals surface area contributed by atoms with Gasteiger partial charge in [-0.15, -0.1) is 0 Å². The van der Waals surface area contributed by atoms with Crippen LogP contribution in [0, 0.1) is 11.8 Å². The highest BCUT2D eigenvalue weighted by Crippen LogP contribution is 2.58. The van der Waals surface area contributed by atoms with E-state index >= 15 is 0 Å². The van der Waals surface area contributed by atoms with Crippen LogP contribution in [0.4, 0.5) is 5.69 Å². The number of hydrogen-bond donors (Lipinski definition) is 1. The van der Waals surface area contributed by atoms with E-state index in [1.807, 2.05) is 24.3 Å². The van der Waals surface area contributed by atoms with Crippen molar-refractivity contribution in [3.63, 3.8) is 0 Å². The number of methoxy groups -OCH3 is 1. The first kappa shape index (κ1) is 17.1. The summed E-state index contributed by atoms with van der Waals surface area (Å²) in [5.41, 5.74) is 6.07. The zero-order chi connectivity index (χ0) is 19.3. The lowest BCUT2D eigenvalue weighted by Crippen LogP contribution is -2.44. The van der Waals surface area contributed by atoms with Crippen LogP contribution < -0.4 is 10.1 Å². The largest absolute Gasteiger partial charge is 0.495 e. The van der Waals surface area contributed by atoms with Gasteiger partial charge in [-0.25, -0.2) is 0 Å². The monoisotopic (exact) mass is 369 g/mol. The molecule has 0 saturated carbocycles. The fourth-order valence-corrected chi connectivity index (χ4v) is 5.31. The Morgan fingerprint density at radius 2 is 1.29 bits per heavy atom. The second kappa shape index (κ2) is 6.52. The number of amides is 1. The van der Waals surface area contributed by atoms with E-state index < -0.39 is 0 Å². The smallest absolute Gasteiger partial charge is 0.228 e. The van der Waals surface area contributed by atoms with E-state index in [0.717, 1.165) is 5.69 Å². The quantitative estimate of drug-likeness (QED) is 0.691. The summed E-state index contributed by atoms with van der Waals surface area (Å²) in [6.45, 7) is 2.22. The highest BCUT2D eigenvalue weighted by Gasteiger charge is 2.50. The van der Waals surface area contributed by atoms with Crippen molar-refractivity contribution in [2.45, 2.75) is 18.8 Å². The maximum atomic E-state index is 13.5. The SMILES string of the molecule is COc1ccccc1NC(=O)[C@@H]1C2c3ccccc3C(c3ccccc32)[C@@H]1C. The van der Waals surface area contributed by atoms with E-state index in [-0.39, 0.29) is 29.6 Å². The van der Waals surface area contributed by atoms with Crippen molar-refractivity contribution in [1.82, 2.24) is 0 Å². The molecular weight excluding hydrogens is 346 g/mol. The predicted molar refractivity (Wildman–Crippen MR) is 111 cm³/mol. The Bertz CT molecular complexity index is 1010. The number of carbonyl (C=O) groups is 1. The van der Waals surface area contributed by atoms with Crippen LogP contribution in [-0.2, 0) is 4.79 Å². The molecule has 0 aromatic heterocycles. The van der Waals surface area contributed by atoms with E-state index in [4.69, 9.17) is 4.74 Å². The average molecular weight is 369 g/mol. The highest BCUT2D eigenvalue weighted by molar-refractivity contribution is 5.96. The summed E-state index contributed by atoms with van der Waals surface area (Å²) in [5.74, 6) is 1.21. The fourth-order valence-electron chi connectivity index (χ4n) is 5.31. The number of nitrogens with one attached hydrogen (secondary N) is 1. The molecule has 0 spiro atoms. The van der Waals surface area contributed by atoms with Crippen LogP contribution >= 0.6 is 0 Å². The molecule has 3 aromatic rings. The third-order valence-electron chi connectivity index (χ3n) is 6.45. The molecule has 140 valence electrons. The van der Waals surface area contributed by atoms with Gasteiger partial charge in [0.25, 0.3) is 0 Å². The number of anilines is 1. The van der Waals surface area contributed by atoms with Gasteiger partial charge in [-0.3, -0.25) is 4.79 Å². The maximum absolute atomic E-state index is 13.5. The second-order valence-corrected chi connectivity index (χ2v) is 7.79. The number of ether oxygens (including phenoxy) is 1. The van der Waals surface area contributed by atoms with E-state index in [1.165, 1.54) is 22.3 Å². The first-order chi connectivity index (χ1) is 13.7. The van der Waals surface area contributed by atoms with Crippen LogP contribution in [0.5, 0.6) is 5.75 Å². The van der Waals surface area contributed by atoms with Gasteiger partial charge >= 0.3 is 0 Å². The van der Waals surface area contributed by atoms with Crippen molar-refractivity contribution in [2.24, 2.45) is 11.8 Å². The molecule has 0 radical (unpaired) electrons. The summed E-state index contributed by atoms with van der Waals surface area (Å²) in [6.07, 6.45) is 0. The van der Waals surface area contributed by atoms with Crippen LogP contribution in [0.1, 0.15) is 41.0 Å². The molecule has 3 heteroatoms. The predicted octanol–water partition coefficient (Wildman–Crippen LogP) is 5.18. The molecular formula is C25H23NO2. The number of carbonyl (C=O) groups excluding carboxylic acids is 1. The summed E-state index contributed by atoms with van der Waals surface area (Å²) in [7, 11) is 1.63. The number of para-hydroxylation sites is 2. The van der Waals surface area contributed by atoms with Crippen LogP contribution in [0.3, 0.4) is 0 Å². The first-order valence-electron chi connectivity index (χ1n) is 9.82. The van der Waals surface area contributed by atoms with E-state index in [9.17, 15) is 4.79 Å². The number of fused-ring (bicyclic) bond motifs is 1. The fraction of sp³-hybridized carbons (Fsp3) is 0.240. The standard InChI is InChI=1S/C25H23NO2/c1-15-22-16-9-3-5-11-18(16)24(19-12-6-4-10-17(19)22)23(15)25(27)26-20-13-7-8-14-21(20)28-2/h3-15,22-24H,1-2H3,(H,26,27)/t15-,22?,23-,24?/m0/s1. The Balaban J connectivity index is 1.59. The molecule has 2 atom stereocenters. The summed E-state index contributed by atoms with van der Waals surface area (Å²) >= 11 is 0. The zero-order valence-corrected chi connectivity index (χ0v) is 16.1. The molecule has 0 saturated heterocycles. The minimum atomic E-state index is -0.111. The molecule has 0 fully saturated rings. The Kier molecular flexibility index (Phi) is 3.97. The lowest BCUT2D eigenvalue weighted by atomic mass is 9.54. The third-order valence-corrected chi connectivity index (χ3v) is 6.45. The summed E-state index contributed by atoms with van der Waals surface area (Å²) in [6, 6.07) is 24.8. The summed E-state index contributed by atoms with van der Waals surface area (Å²) in [5, 5.41) is 3.14. The molecule has 3 aromatic carbocycles. The van der Waals surface area contributed by atoms with Gasteiger partial charge in [-0.2, -0.15) is 0 Å². The van der Waals surface area contributed by atoms with Crippen molar-refractivity contribution in [1.29, 1.82) is 0 Å². The maximum Gasteiger partial charge on any atom is 0.228 e. The first-order valence-corrected chi connectivity index (χ1v) is 9.82. The molecule has 3 aliphatic rings. The molecule has 1 amide bonds. The van der Waals surface area contributed by atoms with Gasteiger partial charge in [0.15, 0.2) is 0 Å². The van der Waals surface area contributed by atoms with Gasteiger partial charge in [0.1, 0.15) is 5.75 Å². The Labute approximate surface area is 165 Å². The Hall–Kier alpha value is -3.07. The minimum Gasteiger partial charge on any atom is -0.495 e. The number of rotatable bonds is 3. The normalized spacial score (nSPS) is 24.2. The Morgan fingerprint density at radius 1 is 0.786 bits per heavy atom. The molecule has 1 N–H and O–H groups in total. The van der Waals surface area contributed by atoms with Crippen molar-refractivity contribution in [3.8, 4) is 5.75 Å². The lowest BCUT2D eigenvalue weighted by Gasteiger charge is -2.49. The summed E-state index contributed by atoms with van der Waals surface area (Å²) < 4.78 is 5.42. The van der Waals surface area contributed by atoms with Gasteiger partial charge in [-0.05, 0) is 40.3 Å². The van der Waals surface area contributed by atoms with Gasteiger partial charge in [0.05, 0.1) is 18.7 Å². The molecule has 2 bridgehead atoms. The van der Waals surface area contributed by atoms with Crippen molar-refractivity contribution < 1.29 is 9.53 Å². The number of benzene rings is 3. The lowest BCUT2D eigenvalue weighted by molar-refractivity contribution is -0.122. The van der Waals surface area contributed by atoms with Crippen LogP contribution in [-0.4, -0.2) is 13.0 Å². The molecule has 0 heterocycles. The third kappa shape index (κ3) is 2.39. The second-order valence-electron chi connectivity index (χ2n) is 7.79. The summed E-state index contributed by atoms with van der Waals surface area (Å²) in [4.78, 5) is 13.5. The van der Waals surface area contributed by atoms with Gasteiger partial charge in [0, 0.05) is 11.8 Å². The minimum absolute atomic E-state index is 0.0657. The van der Waals surface area contributed by atoms with Gasteiger partial charge in [0.2, 0.25) is 5.91 Å². The van der Waals surface area contributed by atoms with Crippen LogP contribution in [0.25, 0.3) is 0 Å². The number of hydrogen-bond acceptors (Lipinski definition) is 2. The zero-order valence-electron chi connectivity index (χ0n) is 16.1. The average Bonchev–Trinajstić information content (AvgIpc) is 2.74.